The standard InChI is InChI=1S/C10H6N2O4S/c11-10(17)9-4-7(13)6-3-5(12(14)15)1-2-8(6)16-9/h1-4H,(H2,11,17). The van der Waals surface area contributed by atoms with Crippen LogP contribution in [0.15, 0.2) is 33.5 Å². The van der Waals surface area contributed by atoms with Crippen molar-refractivity contribution < 1.29 is 9.34 Å². The molecule has 0 aliphatic carbocycles. The molecule has 0 aliphatic rings. The van der Waals surface area contributed by atoms with Crippen LogP contribution in [0.2, 0.25) is 0 Å². The number of thiocarbonyl (C=S) groups is 1. The van der Waals surface area contributed by atoms with Crippen LogP contribution >= 0.6 is 12.2 Å². The molecule has 0 spiro atoms. The second-order valence-corrected chi connectivity index (χ2v) is 3.72. The predicted molar refractivity (Wildman–Crippen MR) is 65.0 cm³/mol. The average molecular weight is 250 g/mol. The quantitative estimate of drug-likeness (QED) is 0.490. The molecule has 0 unspecified atom stereocenters. The molecule has 7 heteroatoms. The number of nitrogens with two attached hydrogens (primary N) is 1. The van der Waals surface area contributed by atoms with Crippen molar-refractivity contribution in [1.82, 2.24) is 0 Å². The van der Waals surface area contributed by atoms with E-state index in [0.29, 0.717) is 0 Å². The van der Waals surface area contributed by atoms with Crippen molar-refractivity contribution in [2.45, 2.75) is 0 Å². The molecule has 2 rings (SSSR count). The van der Waals surface area contributed by atoms with Gasteiger partial charge in [0.15, 0.2) is 11.2 Å². The minimum atomic E-state index is -0.583. The molecule has 2 N–H and O–H groups in total. The van der Waals surface area contributed by atoms with Gasteiger partial charge in [-0.05, 0) is 6.07 Å². The Hall–Kier alpha value is -2.28. The number of nitro groups is 1. The first kappa shape index (κ1) is 11.2. The van der Waals surface area contributed by atoms with Gasteiger partial charge in [0, 0.05) is 18.2 Å². The molecule has 1 aromatic heterocycles. The van der Waals surface area contributed by atoms with E-state index in [1.54, 1.807) is 0 Å². The minimum Gasteiger partial charge on any atom is -0.453 e. The molecular weight excluding hydrogens is 244 g/mol. The largest absolute Gasteiger partial charge is 0.453 e. The van der Waals surface area contributed by atoms with Gasteiger partial charge in [-0.1, -0.05) is 12.2 Å². The number of non-ortho nitro benzene ring substituents is 1. The number of fused-ring (bicyclic) bond motifs is 1. The number of nitro benzene ring substituents is 1. The summed E-state index contributed by atoms with van der Waals surface area (Å²) in [7, 11) is 0. The van der Waals surface area contributed by atoms with Crippen LogP contribution < -0.4 is 11.2 Å². The van der Waals surface area contributed by atoms with Gasteiger partial charge in [-0.15, -0.1) is 0 Å². The second-order valence-electron chi connectivity index (χ2n) is 3.28. The van der Waals surface area contributed by atoms with Gasteiger partial charge in [-0.2, -0.15) is 0 Å². The Morgan fingerprint density at radius 2 is 2.12 bits per heavy atom. The summed E-state index contributed by atoms with van der Waals surface area (Å²) >= 11 is 4.69. The highest BCUT2D eigenvalue weighted by molar-refractivity contribution is 7.80. The molecule has 6 nitrogen and oxygen atoms in total. The Bertz CT molecular complexity index is 692. The van der Waals surface area contributed by atoms with Crippen molar-refractivity contribution in [1.29, 1.82) is 0 Å². The molecule has 0 saturated carbocycles. The molecule has 1 heterocycles. The van der Waals surface area contributed by atoms with E-state index in [9.17, 15) is 14.9 Å². The fourth-order valence-corrected chi connectivity index (χ4v) is 1.48. The van der Waals surface area contributed by atoms with Crippen LogP contribution in [0.1, 0.15) is 5.76 Å². The summed E-state index contributed by atoms with van der Waals surface area (Å²) in [5.41, 5.74) is 4.96. The maximum absolute atomic E-state index is 11.7. The molecule has 0 bridgehead atoms. The number of hydrogen-bond donors (Lipinski definition) is 1. The Morgan fingerprint density at radius 3 is 2.71 bits per heavy atom. The Balaban J connectivity index is 2.77. The third-order valence-corrected chi connectivity index (χ3v) is 2.37. The van der Waals surface area contributed by atoms with Crippen LogP contribution in [0.3, 0.4) is 0 Å². The molecule has 1 aromatic carbocycles. The molecule has 0 fully saturated rings. The lowest BCUT2D eigenvalue weighted by Gasteiger charge is -2.00. The van der Waals surface area contributed by atoms with Gasteiger partial charge in [0.2, 0.25) is 0 Å². The van der Waals surface area contributed by atoms with E-state index < -0.39 is 10.4 Å². The van der Waals surface area contributed by atoms with Gasteiger partial charge in [-0.25, -0.2) is 0 Å². The van der Waals surface area contributed by atoms with E-state index in [2.05, 4.69) is 12.2 Å². The maximum atomic E-state index is 11.7. The van der Waals surface area contributed by atoms with Crippen LogP contribution in [-0.2, 0) is 0 Å². The third kappa shape index (κ3) is 2.00. The molecule has 0 saturated heterocycles. The normalized spacial score (nSPS) is 10.4. The molecule has 2 aromatic rings. The topological polar surface area (TPSA) is 99.4 Å². The summed E-state index contributed by atoms with van der Waals surface area (Å²) in [6.45, 7) is 0. The highest BCUT2D eigenvalue weighted by Crippen LogP contribution is 2.19. The lowest BCUT2D eigenvalue weighted by Crippen LogP contribution is -2.13. The summed E-state index contributed by atoms with van der Waals surface area (Å²) in [6.07, 6.45) is 0. The van der Waals surface area contributed by atoms with Gasteiger partial charge < -0.3 is 10.2 Å². The Labute approximate surface area is 99.8 Å². The van der Waals surface area contributed by atoms with E-state index in [0.717, 1.165) is 12.1 Å². The van der Waals surface area contributed by atoms with E-state index in [1.807, 2.05) is 0 Å². The number of rotatable bonds is 2. The molecular formula is C10H6N2O4S. The van der Waals surface area contributed by atoms with E-state index in [-0.39, 0.29) is 27.4 Å². The van der Waals surface area contributed by atoms with Gasteiger partial charge in [-0.3, -0.25) is 14.9 Å². The van der Waals surface area contributed by atoms with Crippen molar-refractivity contribution in [3.8, 4) is 0 Å². The summed E-state index contributed by atoms with van der Waals surface area (Å²) in [5.74, 6) is 0.0892. The molecule has 86 valence electrons. The molecule has 0 radical (unpaired) electrons. The van der Waals surface area contributed by atoms with Gasteiger partial charge in [0.05, 0.1) is 10.3 Å². The van der Waals surface area contributed by atoms with Gasteiger partial charge in [0.25, 0.3) is 5.69 Å². The summed E-state index contributed by atoms with van der Waals surface area (Å²) in [6, 6.07) is 4.87. The van der Waals surface area contributed by atoms with Crippen molar-refractivity contribution in [3.05, 3.63) is 50.4 Å². The number of hydrogen-bond acceptors (Lipinski definition) is 5. The summed E-state index contributed by atoms with van der Waals surface area (Å²) in [5, 5.41) is 10.7. The summed E-state index contributed by atoms with van der Waals surface area (Å²) in [4.78, 5) is 21.6. The number of benzene rings is 1. The third-order valence-electron chi connectivity index (χ3n) is 2.16. The SMILES string of the molecule is NC(=S)c1cc(=O)c2cc([N+](=O)[O-])ccc2o1. The van der Waals surface area contributed by atoms with Crippen LogP contribution in [0.5, 0.6) is 0 Å². The number of nitrogens with zero attached hydrogens (tertiary/aromatic N) is 1. The Morgan fingerprint density at radius 1 is 1.41 bits per heavy atom. The van der Waals surface area contributed by atoms with Crippen LogP contribution in [0, 0.1) is 10.1 Å². The monoisotopic (exact) mass is 250 g/mol. The average Bonchev–Trinajstić information content (AvgIpc) is 2.28. The Kier molecular flexibility index (Phi) is 2.60. The molecule has 0 amide bonds. The van der Waals surface area contributed by atoms with Crippen LogP contribution in [-0.4, -0.2) is 9.91 Å². The zero-order valence-corrected chi connectivity index (χ0v) is 9.19. The first-order chi connectivity index (χ1) is 7.99. The van der Waals surface area contributed by atoms with E-state index >= 15 is 0 Å². The van der Waals surface area contributed by atoms with Crippen molar-refractivity contribution >= 4 is 33.9 Å². The van der Waals surface area contributed by atoms with Crippen LogP contribution in [0.4, 0.5) is 5.69 Å². The van der Waals surface area contributed by atoms with E-state index in [1.165, 1.54) is 12.1 Å². The van der Waals surface area contributed by atoms with Crippen LogP contribution in [0.25, 0.3) is 11.0 Å². The summed E-state index contributed by atoms with van der Waals surface area (Å²) < 4.78 is 5.25. The molecule has 0 atom stereocenters. The van der Waals surface area contributed by atoms with E-state index in [4.69, 9.17) is 10.2 Å². The lowest BCUT2D eigenvalue weighted by atomic mass is 10.2. The van der Waals surface area contributed by atoms with Crippen molar-refractivity contribution in [2.24, 2.45) is 5.73 Å². The van der Waals surface area contributed by atoms with Gasteiger partial charge in [0.1, 0.15) is 10.6 Å². The fraction of sp³-hybridized carbons (Fsp3) is 0. The molecule has 0 aliphatic heterocycles. The second kappa shape index (κ2) is 3.95. The highest BCUT2D eigenvalue weighted by atomic mass is 32.1. The zero-order valence-electron chi connectivity index (χ0n) is 8.38. The predicted octanol–water partition coefficient (Wildman–Crippen LogP) is 1.34. The van der Waals surface area contributed by atoms with Gasteiger partial charge >= 0.3 is 0 Å². The molecule has 17 heavy (non-hydrogen) atoms. The lowest BCUT2D eigenvalue weighted by molar-refractivity contribution is -0.384. The first-order valence-electron chi connectivity index (χ1n) is 4.51. The highest BCUT2D eigenvalue weighted by Gasteiger charge is 2.11. The van der Waals surface area contributed by atoms with Crippen molar-refractivity contribution in [3.63, 3.8) is 0 Å². The minimum absolute atomic E-state index is 0.0395. The maximum Gasteiger partial charge on any atom is 0.270 e. The smallest absolute Gasteiger partial charge is 0.270 e. The zero-order chi connectivity index (χ0) is 12.6. The fourth-order valence-electron chi connectivity index (χ4n) is 1.38. The first-order valence-corrected chi connectivity index (χ1v) is 4.92. The van der Waals surface area contributed by atoms with Crippen molar-refractivity contribution in [2.75, 3.05) is 0 Å².